The largest absolute Gasteiger partial charge is 0.454 e. The Kier molecular flexibility index (Phi) is 2.74. The Balaban J connectivity index is 2.46. The van der Waals surface area contributed by atoms with E-state index in [9.17, 15) is 0 Å². The second-order valence-electron chi connectivity index (χ2n) is 2.83. The van der Waals surface area contributed by atoms with Crippen molar-refractivity contribution < 1.29 is 9.47 Å². The van der Waals surface area contributed by atoms with Crippen molar-refractivity contribution in [2.24, 2.45) is 5.73 Å². The molecule has 1 aromatic rings. The zero-order valence-corrected chi connectivity index (χ0v) is 9.08. The molecule has 14 heavy (non-hydrogen) atoms. The third-order valence-corrected chi connectivity index (χ3v) is 2.64. The summed E-state index contributed by atoms with van der Waals surface area (Å²) in [7, 11) is 0. The number of hydrogen-bond acceptors (Lipinski definition) is 3. The minimum Gasteiger partial charge on any atom is -0.454 e. The minimum absolute atomic E-state index is 0.287. The van der Waals surface area contributed by atoms with E-state index in [1.807, 2.05) is 24.3 Å². The third kappa shape index (κ3) is 1.63. The first-order valence-corrected chi connectivity index (χ1v) is 5.07. The maximum absolute atomic E-state index is 5.40. The maximum Gasteiger partial charge on any atom is 0.231 e. The topological polar surface area (TPSA) is 44.5 Å². The summed E-state index contributed by atoms with van der Waals surface area (Å²) < 4.78 is 11.6. The van der Waals surface area contributed by atoms with E-state index in [1.54, 1.807) is 0 Å². The average Bonchev–Trinajstić information content (AvgIpc) is 2.64. The molecule has 1 heterocycles. The van der Waals surface area contributed by atoms with E-state index in [2.05, 4.69) is 15.9 Å². The molecule has 3 nitrogen and oxygen atoms in total. The molecule has 1 aromatic carbocycles. The molecule has 0 aliphatic carbocycles. The van der Waals surface area contributed by atoms with Gasteiger partial charge in [0.15, 0.2) is 11.5 Å². The van der Waals surface area contributed by atoms with E-state index >= 15 is 0 Å². The van der Waals surface area contributed by atoms with Gasteiger partial charge in [0.1, 0.15) is 0 Å². The first-order valence-electron chi connectivity index (χ1n) is 4.27. The second kappa shape index (κ2) is 4.02. The second-order valence-corrected chi connectivity index (χ2v) is 3.69. The van der Waals surface area contributed by atoms with Gasteiger partial charge >= 0.3 is 0 Å². The highest BCUT2D eigenvalue weighted by Gasteiger charge is 2.17. The molecule has 0 atom stereocenters. The van der Waals surface area contributed by atoms with Crippen molar-refractivity contribution in [1.82, 2.24) is 0 Å². The van der Waals surface area contributed by atoms with Crippen LogP contribution in [0.5, 0.6) is 11.5 Å². The van der Waals surface area contributed by atoms with Gasteiger partial charge in [0.05, 0.1) is 0 Å². The molecule has 0 saturated carbocycles. The maximum atomic E-state index is 5.40. The van der Waals surface area contributed by atoms with Gasteiger partial charge in [-0.3, -0.25) is 0 Å². The molecule has 0 unspecified atom stereocenters. The fourth-order valence-electron chi connectivity index (χ4n) is 1.31. The summed E-state index contributed by atoms with van der Waals surface area (Å²) >= 11 is 3.45. The van der Waals surface area contributed by atoms with Gasteiger partial charge < -0.3 is 15.2 Å². The molecule has 0 aromatic heterocycles. The number of benzene rings is 1. The van der Waals surface area contributed by atoms with E-state index in [0.717, 1.165) is 21.5 Å². The van der Waals surface area contributed by atoms with Crippen molar-refractivity contribution in [3.05, 3.63) is 28.2 Å². The molecule has 0 spiro atoms. The van der Waals surface area contributed by atoms with E-state index in [1.165, 1.54) is 0 Å². The highest BCUT2D eigenvalue weighted by Crippen LogP contribution is 2.40. The summed E-state index contributed by atoms with van der Waals surface area (Å²) in [5.74, 6) is 1.56. The van der Waals surface area contributed by atoms with Crippen molar-refractivity contribution in [3.63, 3.8) is 0 Å². The predicted octanol–water partition coefficient (Wildman–Crippen LogP) is 2.15. The van der Waals surface area contributed by atoms with Gasteiger partial charge in [0.2, 0.25) is 6.79 Å². The van der Waals surface area contributed by atoms with Crippen molar-refractivity contribution in [3.8, 4) is 11.5 Å². The van der Waals surface area contributed by atoms with Crippen molar-refractivity contribution in [2.75, 3.05) is 13.3 Å². The molecule has 0 saturated heterocycles. The summed E-state index contributed by atoms with van der Waals surface area (Å²) in [6.07, 6.45) is 3.81. The van der Waals surface area contributed by atoms with Gasteiger partial charge in [-0.15, -0.1) is 0 Å². The Labute approximate surface area is 90.6 Å². The summed E-state index contributed by atoms with van der Waals surface area (Å²) in [6.45, 7) is 0.798. The van der Waals surface area contributed by atoms with Crippen LogP contribution in [0.25, 0.3) is 6.08 Å². The normalized spacial score (nSPS) is 13.9. The Hall–Kier alpha value is -1.00. The number of nitrogens with two attached hydrogens (primary N) is 1. The van der Waals surface area contributed by atoms with Crippen molar-refractivity contribution in [2.45, 2.75) is 0 Å². The van der Waals surface area contributed by atoms with E-state index in [4.69, 9.17) is 15.2 Å². The van der Waals surface area contributed by atoms with Crippen molar-refractivity contribution >= 4 is 22.0 Å². The molecule has 0 radical (unpaired) electrons. The number of ether oxygens (including phenoxy) is 2. The number of rotatable bonds is 2. The van der Waals surface area contributed by atoms with Crippen LogP contribution in [0.1, 0.15) is 5.56 Å². The molecule has 4 heteroatoms. The number of halogens is 1. The van der Waals surface area contributed by atoms with Crippen LogP contribution in [0.2, 0.25) is 0 Å². The molecule has 0 amide bonds. The molecule has 0 fully saturated rings. The van der Waals surface area contributed by atoms with Crippen LogP contribution in [0.3, 0.4) is 0 Å². The van der Waals surface area contributed by atoms with Crippen LogP contribution < -0.4 is 15.2 Å². The van der Waals surface area contributed by atoms with E-state index in [0.29, 0.717) is 6.54 Å². The minimum atomic E-state index is 0.287. The summed E-state index contributed by atoms with van der Waals surface area (Å²) in [5.41, 5.74) is 6.37. The van der Waals surface area contributed by atoms with Crippen LogP contribution >= 0.6 is 15.9 Å². The Morgan fingerprint density at radius 3 is 3.07 bits per heavy atom. The van der Waals surface area contributed by atoms with E-state index < -0.39 is 0 Å². The van der Waals surface area contributed by atoms with Crippen molar-refractivity contribution in [1.29, 1.82) is 0 Å². The first kappa shape index (κ1) is 9.55. The molecule has 1 aliphatic rings. The lowest BCUT2D eigenvalue weighted by Gasteiger charge is -2.03. The predicted molar refractivity (Wildman–Crippen MR) is 58.4 cm³/mol. The quantitative estimate of drug-likeness (QED) is 0.881. The SMILES string of the molecule is NC/C=C/c1c(Br)ccc2c1OCO2. The van der Waals surface area contributed by atoms with Gasteiger partial charge in [-0.25, -0.2) is 0 Å². The zero-order chi connectivity index (χ0) is 9.97. The molecule has 0 bridgehead atoms. The van der Waals surface area contributed by atoms with Crippen LogP contribution in [0, 0.1) is 0 Å². The zero-order valence-electron chi connectivity index (χ0n) is 7.50. The molecule has 2 rings (SSSR count). The average molecular weight is 256 g/mol. The molecule has 1 aliphatic heterocycles. The Morgan fingerprint density at radius 2 is 2.29 bits per heavy atom. The summed E-state index contributed by atoms with van der Waals surface area (Å²) in [5, 5.41) is 0. The van der Waals surface area contributed by atoms with E-state index in [-0.39, 0.29) is 6.79 Å². The van der Waals surface area contributed by atoms with Crippen LogP contribution in [0.4, 0.5) is 0 Å². The highest BCUT2D eigenvalue weighted by molar-refractivity contribution is 9.10. The summed E-state index contributed by atoms with van der Waals surface area (Å²) in [6, 6.07) is 3.82. The number of hydrogen-bond donors (Lipinski definition) is 1. The molecule has 2 N–H and O–H groups in total. The Bertz CT molecular complexity index is 377. The van der Waals surface area contributed by atoms with Crippen LogP contribution in [-0.2, 0) is 0 Å². The third-order valence-electron chi connectivity index (χ3n) is 1.95. The lowest BCUT2D eigenvalue weighted by molar-refractivity contribution is 0.173. The monoisotopic (exact) mass is 255 g/mol. The standard InChI is InChI=1S/C10H10BrNO2/c11-8-3-4-9-10(14-6-13-9)7(8)2-1-5-12/h1-4H,5-6,12H2/b2-1+. The smallest absolute Gasteiger partial charge is 0.231 e. The van der Waals surface area contributed by atoms with Crippen LogP contribution in [-0.4, -0.2) is 13.3 Å². The fraction of sp³-hybridized carbons (Fsp3) is 0.200. The highest BCUT2D eigenvalue weighted by atomic mass is 79.9. The van der Waals surface area contributed by atoms with Gasteiger partial charge in [-0.1, -0.05) is 28.1 Å². The molecular weight excluding hydrogens is 246 g/mol. The molecule has 74 valence electrons. The molecular formula is C10H10BrNO2. The van der Waals surface area contributed by atoms with Gasteiger partial charge in [-0.2, -0.15) is 0 Å². The summed E-state index contributed by atoms with van der Waals surface area (Å²) in [4.78, 5) is 0. The first-order chi connectivity index (χ1) is 6.83. The number of fused-ring (bicyclic) bond motifs is 1. The van der Waals surface area contributed by atoms with Crippen LogP contribution in [0.15, 0.2) is 22.7 Å². The van der Waals surface area contributed by atoms with Gasteiger partial charge in [-0.05, 0) is 12.1 Å². The van der Waals surface area contributed by atoms with Gasteiger partial charge in [0.25, 0.3) is 0 Å². The lowest BCUT2D eigenvalue weighted by atomic mass is 10.1. The lowest BCUT2D eigenvalue weighted by Crippen LogP contribution is -1.94. The van der Waals surface area contributed by atoms with Gasteiger partial charge in [0, 0.05) is 16.6 Å². The Morgan fingerprint density at radius 1 is 1.43 bits per heavy atom. The fourth-order valence-corrected chi connectivity index (χ4v) is 1.76.